The van der Waals surface area contributed by atoms with Crippen molar-refractivity contribution in [3.8, 4) is 11.3 Å². The standard InChI is InChI=1S/C18H11F3N4S/c19-18(20,21)12-3-1-11(2-4-12)14-7-8-22-17(25-14)24-13-5-6-15-16(9-13)26-10-23-15/h1-10H,(H,22,24,25). The van der Waals surface area contributed by atoms with Crippen molar-refractivity contribution in [2.45, 2.75) is 6.18 Å². The Balaban J connectivity index is 1.60. The lowest BCUT2D eigenvalue weighted by Gasteiger charge is -2.09. The second kappa shape index (κ2) is 6.38. The van der Waals surface area contributed by atoms with Crippen molar-refractivity contribution in [1.82, 2.24) is 15.0 Å². The average molecular weight is 372 g/mol. The number of rotatable bonds is 3. The highest BCUT2D eigenvalue weighted by Gasteiger charge is 2.30. The van der Waals surface area contributed by atoms with Gasteiger partial charge in [-0.05, 0) is 36.4 Å². The normalized spacial score (nSPS) is 11.7. The molecule has 0 saturated heterocycles. The van der Waals surface area contributed by atoms with Crippen molar-refractivity contribution in [3.05, 3.63) is 65.8 Å². The molecule has 0 atom stereocenters. The third kappa shape index (κ3) is 3.36. The van der Waals surface area contributed by atoms with Crippen LogP contribution in [0.15, 0.2) is 60.2 Å². The van der Waals surface area contributed by atoms with Crippen LogP contribution in [-0.2, 0) is 6.18 Å². The van der Waals surface area contributed by atoms with Crippen LogP contribution in [0.3, 0.4) is 0 Å². The van der Waals surface area contributed by atoms with Gasteiger partial charge in [0.1, 0.15) is 0 Å². The van der Waals surface area contributed by atoms with E-state index in [-0.39, 0.29) is 0 Å². The molecular weight excluding hydrogens is 361 g/mol. The van der Waals surface area contributed by atoms with Crippen LogP contribution < -0.4 is 5.32 Å². The van der Waals surface area contributed by atoms with Gasteiger partial charge in [-0.3, -0.25) is 0 Å². The predicted molar refractivity (Wildman–Crippen MR) is 95.4 cm³/mol. The number of fused-ring (bicyclic) bond motifs is 1. The molecule has 0 saturated carbocycles. The number of hydrogen-bond acceptors (Lipinski definition) is 5. The van der Waals surface area contributed by atoms with Gasteiger partial charge in [0.25, 0.3) is 0 Å². The van der Waals surface area contributed by atoms with Crippen LogP contribution in [0.1, 0.15) is 5.56 Å². The zero-order valence-electron chi connectivity index (χ0n) is 13.2. The van der Waals surface area contributed by atoms with Crippen LogP contribution in [0.4, 0.5) is 24.8 Å². The quantitative estimate of drug-likeness (QED) is 0.515. The summed E-state index contributed by atoms with van der Waals surface area (Å²) in [5, 5.41) is 3.11. The number of benzene rings is 2. The van der Waals surface area contributed by atoms with Gasteiger partial charge >= 0.3 is 6.18 Å². The van der Waals surface area contributed by atoms with Crippen molar-refractivity contribution in [2.24, 2.45) is 0 Å². The van der Waals surface area contributed by atoms with Crippen molar-refractivity contribution < 1.29 is 13.2 Å². The molecule has 0 fully saturated rings. The third-order valence-corrected chi connectivity index (χ3v) is 4.54. The summed E-state index contributed by atoms with van der Waals surface area (Å²) in [6.07, 6.45) is -2.79. The zero-order chi connectivity index (χ0) is 18.1. The average Bonchev–Trinajstić information content (AvgIpc) is 3.09. The molecule has 0 aliphatic carbocycles. The SMILES string of the molecule is FC(F)(F)c1ccc(-c2ccnc(Nc3ccc4ncsc4c3)n2)cc1. The Kier molecular flexibility index (Phi) is 4.04. The highest BCUT2D eigenvalue weighted by Crippen LogP contribution is 2.31. The fourth-order valence-electron chi connectivity index (χ4n) is 2.47. The minimum Gasteiger partial charge on any atom is -0.324 e. The van der Waals surface area contributed by atoms with E-state index in [9.17, 15) is 13.2 Å². The molecule has 4 aromatic rings. The molecule has 2 aromatic heterocycles. The van der Waals surface area contributed by atoms with E-state index in [0.717, 1.165) is 28.0 Å². The summed E-state index contributed by atoms with van der Waals surface area (Å²) in [4.78, 5) is 12.8. The lowest BCUT2D eigenvalue weighted by molar-refractivity contribution is -0.137. The Labute approximate surface area is 150 Å². The molecule has 0 bridgehead atoms. The molecule has 2 aromatic carbocycles. The second-order valence-electron chi connectivity index (χ2n) is 5.50. The molecule has 26 heavy (non-hydrogen) atoms. The largest absolute Gasteiger partial charge is 0.416 e. The van der Waals surface area contributed by atoms with Crippen molar-refractivity contribution in [3.63, 3.8) is 0 Å². The molecule has 8 heteroatoms. The first kappa shape index (κ1) is 16.5. The smallest absolute Gasteiger partial charge is 0.324 e. The van der Waals surface area contributed by atoms with E-state index >= 15 is 0 Å². The van der Waals surface area contributed by atoms with Gasteiger partial charge in [-0.2, -0.15) is 13.2 Å². The van der Waals surface area contributed by atoms with Gasteiger partial charge in [-0.25, -0.2) is 15.0 Å². The Morgan fingerprint density at radius 2 is 1.73 bits per heavy atom. The van der Waals surface area contributed by atoms with E-state index in [0.29, 0.717) is 17.2 Å². The van der Waals surface area contributed by atoms with Gasteiger partial charge in [0, 0.05) is 17.4 Å². The maximum absolute atomic E-state index is 12.7. The van der Waals surface area contributed by atoms with Crippen molar-refractivity contribution in [1.29, 1.82) is 0 Å². The number of thiazole rings is 1. The summed E-state index contributed by atoms with van der Waals surface area (Å²) in [5.74, 6) is 0.367. The van der Waals surface area contributed by atoms with E-state index in [1.165, 1.54) is 23.5 Å². The monoisotopic (exact) mass is 372 g/mol. The highest BCUT2D eigenvalue weighted by molar-refractivity contribution is 7.16. The van der Waals surface area contributed by atoms with E-state index in [1.54, 1.807) is 17.8 Å². The molecule has 4 rings (SSSR count). The van der Waals surface area contributed by atoms with Crippen LogP contribution in [0, 0.1) is 0 Å². The molecule has 0 aliphatic rings. The molecular formula is C18H11F3N4S. The second-order valence-corrected chi connectivity index (χ2v) is 6.39. The van der Waals surface area contributed by atoms with Crippen LogP contribution in [-0.4, -0.2) is 15.0 Å². The Morgan fingerprint density at radius 3 is 2.50 bits per heavy atom. The van der Waals surface area contributed by atoms with Crippen LogP contribution >= 0.6 is 11.3 Å². The number of anilines is 2. The fraction of sp³-hybridized carbons (Fsp3) is 0.0556. The van der Waals surface area contributed by atoms with E-state index in [4.69, 9.17) is 0 Å². The minimum absolute atomic E-state index is 0.367. The van der Waals surface area contributed by atoms with Crippen LogP contribution in [0.2, 0.25) is 0 Å². The Bertz CT molecular complexity index is 1060. The van der Waals surface area contributed by atoms with Crippen LogP contribution in [0.5, 0.6) is 0 Å². The summed E-state index contributed by atoms with van der Waals surface area (Å²) < 4.78 is 39.1. The highest BCUT2D eigenvalue weighted by atomic mass is 32.1. The first-order valence-corrected chi connectivity index (χ1v) is 8.48. The molecule has 1 N–H and O–H groups in total. The Hall–Kier alpha value is -3.00. The number of aromatic nitrogens is 3. The molecule has 0 radical (unpaired) electrons. The van der Waals surface area contributed by atoms with Gasteiger partial charge < -0.3 is 5.32 Å². The lowest BCUT2D eigenvalue weighted by Crippen LogP contribution is -2.04. The molecule has 0 aliphatic heterocycles. The number of alkyl halides is 3. The van der Waals surface area contributed by atoms with Gasteiger partial charge in [-0.1, -0.05) is 12.1 Å². The first-order chi connectivity index (χ1) is 12.5. The van der Waals surface area contributed by atoms with Gasteiger partial charge in [-0.15, -0.1) is 11.3 Å². The summed E-state index contributed by atoms with van der Waals surface area (Å²) in [7, 11) is 0. The summed E-state index contributed by atoms with van der Waals surface area (Å²) >= 11 is 1.53. The molecule has 0 amide bonds. The number of nitrogens with zero attached hydrogens (tertiary/aromatic N) is 3. The third-order valence-electron chi connectivity index (χ3n) is 3.75. The number of nitrogens with one attached hydrogen (secondary N) is 1. The van der Waals surface area contributed by atoms with Gasteiger partial charge in [0.15, 0.2) is 0 Å². The van der Waals surface area contributed by atoms with Gasteiger partial charge in [0.05, 0.1) is 27.0 Å². The maximum Gasteiger partial charge on any atom is 0.416 e. The van der Waals surface area contributed by atoms with Gasteiger partial charge in [0.2, 0.25) is 5.95 Å². The van der Waals surface area contributed by atoms with Crippen molar-refractivity contribution >= 4 is 33.2 Å². The summed E-state index contributed by atoms with van der Waals surface area (Å²) in [6.45, 7) is 0. The molecule has 0 unspecified atom stereocenters. The summed E-state index contributed by atoms with van der Waals surface area (Å²) in [5.41, 5.74) is 3.94. The van der Waals surface area contributed by atoms with Crippen molar-refractivity contribution in [2.75, 3.05) is 5.32 Å². The van der Waals surface area contributed by atoms with Crippen LogP contribution in [0.25, 0.3) is 21.5 Å². The molecule has 130 valence electrons. The maximum atomic E-state index is 12.7. The van der Waals surface area contributed by atoms with E-state index in [1.807, 2.05) is 18.2 Å². The van der Waals surface area contributed by atoms with E-state index in [2.05, 4.69) is 20.3 Å². The molecule has 4 nitrogen and oxygen atoms in total. The first-order valence-electron chi connectivity index (χ1n) is 7.60. The molecule has 2 heterocycles. The Morgan fingerprint density at radius 1 is 0.923 bits per heavy atom. The predicted octanol–water partition coefficient (Wildman–Crippen LogP) is 5.52. The topological polar surface area (TPSA) is 50.7 Å². The molecule has 0 spiro atoms. The lowest BCUT2D eigenvalue weighted by atomic mass is 10.1. The zero-order valence-corrected chi connectivity index (χ0v) is 14.0. The summed E-state index contributed by atoms with van der Waals surface area (Å²) in [6, 6.07) is 12.3. The minimum atomic E-state index is -4.35. The number of halogens is 3. The fourth-order valence-corrected chi connectivity index (χ4v) is 3.19. The number of hydrogen-bond donors (Lipinski definition) is 1. The van der Waals surface area contributed by atoms with E-state index < -0.39 is 11.7 Å².